The molecule has 0 bridgehead atoms. The van der Waals surface area contributed by atoms with E-state index in [1.54, 1.807) is 24.3 Å². The van der Waals surface area contributed by atoms with E-state index in [1.165, 1.54) is 18.8 Å². The molecule has 0 atom stereocenters. The van der Waals surface area contributed by atoms with Crippen molar-refractivity contribution in [2.45, 2.75) is 18.4 Å². The number of carbonyl (C=O) groups excluding carboxylic acids is 1. The van der Waals surface area contributed by atoms with Crippen molar-refractivity contribution in [3.05, 3.63) is 47.5 Å². The topological polar surface area (TPSA) is 105 Å². The lowest BCUT2D eigenvalue weighted by Crippen LogP contribution is -2.49. The summed E-state index contributed by atoms with van der Waals surface area (Å²) in [7, 11) is 1.43. The van der Waals surface area contributed by atoms with Gasteiger partial charge in [0.15, 0.2) is 0 Å². The van der Waals surface area contributed by atoms with E-state index in [4.69, 9.17) is 16.4 Å². The van der Waals surface area contributed by atoms with Crippen molar-refractivity contribution in [3.63, 3.8) is 0 Å². The molecule has 0 aliphatic rings. The molecule has 2 amide bonds. The lowest BCUT2D eigenvalue weighted by molar-refractivity contribution is 0.216. The molecule has 0 aromatic heterocycles. The van der Waals surface area contributed by atoms with Crippen LogP contribution in [0.25, 0.3) is 0 Å². The highest BCUT2D eigenvalue weighted by Crippen LogP contribution is 2.31. The number of carbonyl (C=O) groups is 1. The summed E-state index contributed by atoms with van der Waals surface area (Å²) in [5, 5.41) is 11.4. The number of thioether (sulfide) groups is 1. The van der Waals surface area contributed by atoms with Gasteiger partial charge in [-0.1, -0.05) is 6.07 Å². The molecule has 0 aliphatic heterocycles. The number of phenolic OH excluding ortho intramolecular Hbond substituents is 1. The number of urea groups is 1. The number of hydrogen-bond donors (Lipinski definition) is 3. The van der Waals surface area contributed by atoms with Crippen molar-refractivity contribution in [2.24, 2.45) is 11.7 Å². The van der Waals surface area contributed by atoms with Crippen LogP contribution in [-0.4, -0.2) is 29.4 Å². The first-order valence-corrected chi connectivity index (χ1v) is 8.73. The van der Waals surface area contributed by atoms with Crippen LogP contribution in [0.15, 0.2) is 41.3 Å². The van der Waals surface area contributed by atoms with E-state index in [2.05, 4.69) is 0 Å². The molecule has 0 spiro atoms. The number of anilines is 1. The second-order valence-electron chi connectivity index (χ2n) is 5.46. The number of hydrogen-bond acceptors (Lipinski definition) is 6. The van der Waals surface area contributed by atoms with E-state index in [0.29, 0.717) is 11.4 Å². The third-order valence-electron chi connectivity index (χ3n) is 3.63. The second kappa shape index (κ2) is 8.11. The van der Waals surface area contributed by atoms with Gasteiger partial charge in [0.05, 0.1) is 5.69 Å². The van der Waals surface area contributed by atoms with Gasteiger partial charge in [-0.05, 0) is 49.1 Å². The standard InChI is InChI=1S/C17H22N4O3S/c1-11-9-12(22)7-8-15(11)24-10-13-14(5-4-6-16(13)25-3)21(19)17(23)20(2)18/h4-9,22H,10,18-19H2,1-3H3. The van der Waals surface area contributed by atoms with Crippen LogP contribution in [-0.2, 0) is 6.61 Å². The lowest BCUT2D eigenvalue weighted by Gasteiger charge is -2.24. The number of rotatable bonds is 5. The number of benzene rings is 2. The molecule has 0 aliphatic carbocycles. The molecular formula is C17H22N4O3S. The molecule has 0 saturated carbocycles. The molecule has 0 heterocycles. The van der Waals surface area contributed by atoms with E-state index in [0.717, 1.165) is 26.0 Å². The maximum absolute atomic E-state index is 12.1. The average molecular weight is 362 g/mol. The summed E-state index contributed by atoms with van der Waals surface area (Å²) in [6.07, 6.45) is 1.94. The fourth-order valence-electron chi connectivity index (χ4n) is 2.33. The Balaban J connectivity index is 2.33. The number of aryl methyl sites for hydroxylation is 1. The van der Waals surface area contributed by atoms with Gasteiger partial charge in [-0.3, -0.25) is 5.01 Å². The minimum Gasteiger partial charge on any atom is -0.508 e. The Morgan fingerprint density at radius 3 is 2.60 bits per heavy atom. The van der Waals surface area contributed by atoms with Crippen molar-refractivity contribution in [3.8, 4) is 11.5 Å². The van der Waals surface area contributed by atoms with Crippen molar-refractivity contribution >= 4 is 23.5 Å². The SMILES string of the molecule is CSc1cccc(N(N)C(=O)N(C)N)c1COc1ccc(O)cc1C. The first kappa shape index (κ1) is 18.9. The van der Waals surface area contributed by atoms with Gasteiger partial charge in [0.25, 0.3) is 0 Å². The Kier molecular flexibility index (Phi) is 6.13. The van der Waals surface area contributed by atoms with Crippen LogP contribution in [0.5, 0.6) is 11.5 Å². The number of aromatic hydroxyl groups is 1. The van der Waals surface area contributed by atoms with Crippen molar-refractivity contribution < 1.29 is 14.6 Å². The summed E-state index contributed by atoms with van der Waals surface area (Å²) in [4.78, 5) is 13.0. The molecule has 8 heteroatoms. The summed E-state index contributed by atoms with van der Waals surface area (Å²) in [5.74, 6) is 12.3. The maximum atomic E-state index is 12.1. The fraction of sp³-hybridized carbons (Fsp3) is 0.235. The summed E-state index contributed by atoms with van der Waals surface area (Å²) < 4.78 is 5.89. The van der Waals surface area contributed by atoms with E-state index in [-0.39, 0.29) is 12.4 Å². The van der Waals surface area contributed by atoms with Gasteiger partial charge in [-0.2, -0.15) is 0 Å². The number of nitrogens with two attached hydrogens (primary N) is 2. The fourth-order valence-corrected chi connectivity index (χ4v) is 2.96. The first-order chi connectivity index (χ1) is 11.8. The van der Waals surface area contributed by atoms with Crippen LogP contribution in [0, 0.1) is 6.92 Å². The third kappa shape index (κ3) is 4.36. The highest BCUT2D eigenvalue weighted by atomic mass is 32.2. The number of hydrazine groups is 2. The first-order valence-electron chi connectivity index (χ1n) is 7.50. The van der Waals surface area contributed by atoms with Crippen LogP contribution in [0.3, 0.4) is 0 Å². The molecule has 7 nitrogen and oxygen atoms in total. The zero-order chi connectivity index (χ0) is 18.6. The van der Waals surface area contributed by atoms with Crippen LogP contribution in [0.2, 0.25) is 0 Å². The molecular weight excluding hydrogens is 340 g/mol. The van der Waals surface area contributed by atoms with Crippen LogP contribution in [0.4, 0.5) is 10.5 Å². The van der Waals surface area contributed by atoms with Crippen molar-refractivity contribution in [2.75, 3.05) is 18.3 Å². The largest absolute Gasteiger partial charge is 0.508 e. The Morgan fingerprint density at radius 1 is 1.28 bits per heavy atom. The van der Waals surface area contributed by atoms with Crippen molar-refractivity contribution in [1.82, 2.24) is 5.01 Å². The van der Waals surface area contributed by atoms with E-state index in [9.17, 15) is 9.90 Å². The van der Waals surface area contributed by atoms with E-state index in [1.807, 2.05) is 25.3 Å². The van der Waals surface area contributed by atoms with E-state index >= 15 is 0 Å². The summed E-state index contributed by atoms with van der Waals surface area (Å²) in [6, 6.07) is 9.83. The minimum atomic E-state index is -0.541. The van der Waals surface area contributed by atoms with E-state index < -0.39 is 6.03 Å². The average Bonchev–Trinajstić information content (AvgIpc) is 2.59. The highest BCUT2D eigenvalue weighted by molar-refractivity contribution is 7.98. The molecule has 2 aromatic carbocycles. The molecule has 0 unspecified atom stereocenters. The van der Waals surface area contributed by atoms with Crippen LogP contribution < -0.4 is 21.4 Å². The number of nitrogens with zero attached hydrogens (tertiary/aromatic N) is 2. The quantitative estimate of drug-likeness (QED) is 0.327. The molecule has 0 saturated heterocycles. The number of phenols is 1. The Hall–Kier alpha value is -2.42. The van der Waals surface area contributed by atoms with Crippen molar-refractivity contribution in [1.29, 1.82) is 0 Å². The molecule has 134 valence electrons. The predicted molar refractivity (Wildman–Crippen MR) is 99.4 cm³/mol. The summed E-state index contributed by atoms with van der Waals surface area (Å²) in [6.45, 7) is 2.06. The minimum absolute atomic E-state index is 0.180. The molecule has 0 fully saturated rings. The molecule has 0 radical (unpaired) electrons. The zero-order valence-corrected chi connectivity index (χ0v) is 15.2. The number of amides is 2. The Labute approximate surface area is 151 Å². The van der Waals surface area contributed by atoms with Gasteiger partial charge < -0.3 is 9.84 Å². The smallest absolute Gasteiger partial charge is 0.352 e. The highest BCUT2D eigenvalue weighted by Gasteiger charge is 2.20. The maximum Gasteiger partial charge on any atom is 0.352 e. The third-order valence-corrected chi connectivity index (χ3v) is 4.45. The Morgan fingerprint density at radius 2 is 2.00 bits per heavy atom. The van der Waals surface area contributed by atoms with Crippen LogP contribution >= 0.6 is 11.8 Å². The van der Waals surface area contributed by atoms with Crippen LogP contribution in [0.1, 0.15) is 11.1 Å². The second-order valence-corrected chi connectivity index (χ2v) is 6.31. The molecule has 2 rings (SSSR count). The Bertz CT molecular complexity index is 768. The predicted octanol–water partition coefficient (Wildman–Crippen LogP) is 2.61. The number of ether oxygens (including phenoxy) is 1. The van der Waals surface area contributed by atoms with Gasteiger partial charge in [0, 0.05) is 17.5 Å². The lowest BCUT2D eigenvalue weighted by atomic mass is 10.1. The monoisotopic (exact) mass is 362 g/mol. The van der Waals surface area contributed by atoms with Gasteiger partial charge in [-0.15, -0.1) is 11.8 Å². The zero-order valence-electron chi connectivity index (χ0n) is 14.4. The summed E-state index contributed by atoms with van der Waals surface area (Å²) in [5.41, 5.74) is 2.11. The molecule has 5 N–H and O–H groups in total. The normalized spacial score (nSPS) is 10.4. The summed E-state index contributed by atoms with van der Waals surface area (Å²) >= 11 is 1.53. The van der Waals surface area contributed by atoms with Gasteiger partial charge in [-0.25, -0.2) is 21.5 Å². The van der Waals surface area contributed by atoms with Gasteiger partial charge in [0.1, 0.15) is 18.1 Å². The van der Waals surface area contributed by atoms with Gasteiger partial charge in [0.2, 0.25) is 0 Å². The van der Waals surface area contributed by atoms with Gasteiger partial charge >= 0.3 is 6.03 Å². The molecule has 2 aromatic rings. The molecule has 25 heavy (non-hydrogen) atoms.